The highest BCUT2D eigenvalue weighted by molar-refractivity contribution is 7.11. The van der Waals surface area contributed by atoms with E-state index in [0.29, 0.717) is 30.5 Å². The normalized spacial score (nSPS) is 11.1. The molecule has 0 atom stereocenters. The molecule has 8 heteroatoms. The molecule has 0 unspecified atom stereocenters. The molecule has 1 heterocycles. The maximum absolute atomic E-state index is 12.0. The van der Waals surface area contributed by atoms with Gasteiger partial charge in [-0.15, -0.1) is 11.3 Å². The second kappa shape index (κ2) is 10.4. The first-order valence-electron chi connectivity index (χ1n) is 8.47. The van der Waals surface area contributed by atoms with Crippen LogP contribution in [0.4, 0.5) is 0 Å². The summed E-state index contributed by atoms with van der Waals surface area (Å²) < 4.78 is 5.23. The lowest BCUT2D eigenvalue weighted by molar-refractivity contribution is 0.0957. The van der Waals surface area contributed by atoms with Crippen molar-refractivity contribution in [2.75, 3.05) is 26.7 Å². The number of nitrogens with one attached hydrogen (secondary N) is 3. The molecule has 0 aliphatic carbocycles. The van der Waals surface area contributed by atoms with Gasteiger partial charge in [-0.25, -0.2) is 9.98 Å². The van der Waals surface area contributed by atoms with Crippen LogP contribution in [0.2, 0.25) is 0 Å². The van der Waals surface area contributed by atoms with E-state index in [2.05, 4.69) is 25.9 Å². The molecule has 0 bridgehead atoms. The number of benzene rings is 1. The van der Waals surface area contributed by atoms with Crippen LogP contribution in [0.15, 0.2) is 34.8 Å². The fourth-order valence-corrected chi connectivity index (χ4v) is 2.96. The zero-order valence-corrected chi connectivity index (χ0v) is 16.2. The van der Waals surface area contributed by atoms with Crippen molar-refractivity contribution in [1.29, 1.82) is 0 Å². The third kappa shape index (κ3) is 6.03. The van der Waals surface area contributed by atoms with Gasteiger partial charge in [0, 0.05) is 19.6 Å². The molecule has 0 spiro atoms. The summed E-state index contributed by atoms with van der Waals surface area (Å²) in [7, 11) is 1.65. The Kier molecular flexibility index (Phi) is 7.88. The highest BCUT2D eigenvalue weighted by Crippen LogP contribution is 2.13. The molecular formula is C18H25N5O2S. The van der Waals surface area contributed by atoms with Gasteiger partial charge in [0.2, 0.25) is 0 Å². The van der Waals surface area contributed by atoms with Gasteiger partial charge in [-0.2, -0.15) is 0 Å². The predicted molar refractivity (Wildman–Crippen MR) is 105 cm³/mol. The molecule has 0 aliphatic heterocycles. The van der Waals surface area contributed by atoms with Crippen LogP contribution >= 0.6 is 11.3 Å². The smallest absolute Gasteiger partial charge is 0.263 e. The molecule has 0 fully saturated rings. The number of aryl methyl sites for hydroxylation is 1. The Balaban J connectivity index is 1.81. The van der Waals surface area contributed by atoms with Gasteiger partial charge < -0.3 is 20.7 Å². The van der Waals surface area contributed by atoms with Gasteiger partial charge in [0.15, 0.2) is 5.96 Å². The Morgan fingerprint density at radius 2 is 2.08 bits per heavy atom. The molecule has 0 aliphatic rings. The predicted octanol–water partition coefficient (Wildman–Crippen LogP) is 1.95. The molecule has 1 aromatic heterocycles. The maximum Gasteiger partial charge on any atom is 0.263 e. The van der Waals surface area contributed by atoms with Crippen molar-refractivity contribution in [3.63, 3.8) is 0 Å². The Morgan fingerprint density at radius 1 is 1.27 bits per heavy atom. The molecule has 140 valence electrons. The summed E-state index contributed by atoms with van der Waals surface area (Å²) in [5.74, 6) is 1.43. The number of thiazole rings is 1. The summed E-state index contributed by atoms with van der Waals surface area (Å²) in [5, 5.41) is 9.29. The minimum Gasteiger partial charge on any atom is -0.497 e. The van der Waals surface area contributed by atoms with Crippen molar-refractivity contribution in [2.24, 2.45) is 4.99 Å². The zero-order valence-electron chi connectivity index (χ0n) is 15.3. The molecular weight excluding hydrogens is 350 g/mol. The first kappa shape index (κ1) is 19.7. The molecule has 0 saturated carbocycles. The molecule has 7 nitrogen and oxygen atoms in total. The van der Waals surface area contributed by atoms with Crippen molar-refractivity contribution in [3.8, 4) is 5.75 Å². The highest BCUT2D eigenvalue weighted by atomic mass is 32.1. The number of guanidine groups is 1. The Morgan fingerprint density at radius 3 is 2.77 bits per heavy atom. The average molecular weight is 375 g/mol. The standard InChI is InChI=1S/C18H25N5O2S/c1-4-19-18(22-11-14-6-5-7-15(10-14)25-3)21-9-8-20-17(24)16-13(2)23-12-26-16/h5-7,10,12H,4,8-9,11H2,1-3H3,(H,20,24)(H2,19,21,22). The molecule has 0 radical (unpaired) electrons. The number of rotatable bonds is 8. The van der Waals surface area contributed by atoms with Gasteiger partial charge in [-0.05, 0) is 31.5 Å². The van der Waals surface area contributed by atoms with Crippen LogP contribution in [0.3, 0.4) is 0 Å². The summed E-state index contributed by atoms with van der Waals surface area (Å²) in [6.45, 7) is 6.22. The third-order valence-corrected chi connectivity index (χ3v) is 4.48. The number of aliphatic imine (C=N–C) groups is 1. The number of hydrogen-bond donors (Lipinski definition) is 3. The monoisotopic (exact) mass is 375 g/mol. The SMILES string of the molecule is CCNC(=NCc1cccc(OC)c1)NCCNC(=O)c1scnc1C. The van der Waals surface area contributed by atoms with Crippen LogP contribution in [-0.2, 0) is 6.54 Å². The van der Waals surface area contributed by atoms with Crippen LogP contribution < -0.4 is 20.7 Å². The number of carbonyl (C=O) groups is 1. The second-order valence-electron chi connectivity index (χ2n) is 5.50. The van der Waals surface area contributed by atoms with Crippen LogP contribution in [-0.4, -0.2) is 43.6 Å². The summed E-state index contributed by atoms with van der Waals surface area (Å²) in [5.41, 5.74) is 3.50. The molecule has 3 N–H and O–H groups in total. The topological polar surface area (TPSA) is 87.6 Å². The van der Waals surface area contributed by atoms with E-state index in [1.165, 1.54) is 11.3 Å². The van der Waals surface area contributed by atoms with Crippen LogP contribution in [0.5, 0.6) is 5.75 Å². The number of nitrogens with zero attached hydrogens (tertiary/aromatic N) is 2. The van der Waals surface area contributed by atoms with Gasteiger partial charge in [0.25, 0.3) is 5.91 Å². The molecule has 2 aromatic rings. The van der Waals surface area contributed by atoms with E-state index in [1.807, 2.05) is 38.1 Å². The van der Waals surface area contributed by atoms with Crippen molar-refractivity contribution < 1.29 is 9.53 Å². The van der Waals surface area contributed by atoms with E-state index in [-0.39, 0.29) is 5.91 Å². The number of aromatic nitrogens is 1. The van der Waals surface area contributed by atoms with Crippen molar-refractivity contribution in [1.82, 2.24) is 20.9 Å². The minimum absolute atomic E-state index is 0.0925. The van der Waals surface area contributed by atoms with E-state index in [9.17, 15) is 4.79 Å². The first-order valence-corrected chi connectivity index (χ1v) is 9.35. The van der Waals surface area contributed by atoms with E-state index in [4.69, 9.17) is 4.74 Å². The minimum atomic E-state index is -0.0925. The lowest BCUT2D eigenvalue weighted by Gasteiger charge is -2.12. The lowest BCUT2D eigenvalue weighted by Crippen LogP contribution is -2.41. The Labute approximate surface area is 157 Å². The van der Waals surface area contributed by atoms with E-state index < -0.39 is 0 Å². The van der Waals surface area contributed by atoms with Crippen molar-refractivity contribution >= 4 is 23.2 Å². The van der Waals surface area contributed by atoms with Gasteiger partial charge in [-0.3, -0.25) is 4.79 Å². The van der Waals surface area contributed by atoms with Crippen molar-refractivity contribution in [3.05, 3.63) is 45.9 Å². The van der Waals surface area contributed by atoms with Crippen molar-refractivity contribution in [2.45, 2.75) is 20.4 Å². The second-order valence-corrected chi connectivity index (χ2v) is 6.35. The fourth-order valence-electron chi connectivity index (χ4n) is 2.24. The van der Waals surface area contributed by atoms with Crippen LogP contribution in [0, 0.1) is 6.92 Å². The largest absolute Gasteiger partial charge is 0.497 e. The zero-order chi connectivity index (χ0) is 18.8. The van der Waals surface area contributed by atoms with Gasteiger partial charge in [0.05, 0.1) is 24.9 Å². The molecule has 1 amide bonds. The molecule has 26 heavy (non-hydrogen) atoms. The summed E-state index contributed by atoms with van der Waals surface area (Å²) in [4.78, 5) is 21.3. The summed E-state index contributed by atoms with van der Waals surface area (Å²) in [6, 6.07) is 7.82. The quantitative estimate of drug-likeness (QED) is 0.373. The lowest BCUT2D eigenvalue weighted by atomic mass is 10.2. The number of ether oxygens (including phenoxy) is 1. The molecule has 2 rings (SSSR count). The molecule has 0 saturated heterocycles. The third-order valence-electron chi connectivity index (χ3n) is 3.55. The Bertz CT molecular complexity index is 745. The number of amides is 1. The van der Waals surface area contributed by atoms with E-state index >= 15 is 0 Å². The fraction of sp³-hybridized carbons (Fsp3) is 0.389. The van der Waals surface area contributed by atoms with Gasteiger partial charge in [0.1, 0.15) is 10.6 Å². The first-order chi connectivity index (χ1) is 12.6. The number of methoxy groups -OCH3 is 1. The highest BCUT2D eigenvalue weighted by Gasteiger charge is 2.10. The van der Waals surface area contributed by atoms with Gasteiger partial charge >= 0.3 is 0 Å². The van der Waals surface area contributed by atoms with Crippen LogP contribution in [0.25, 0.3) is 0 Å². The summed E-state index contributed by atoms with van der Waals surface area (Å²) in [6.07, 6.45) is 0. The Hall–Kier alpha value is -2.61. The summed E-state index contributed by atoms with van der Waals surface area (Å²) >= 11 is 1.35. The number of hydrogen-bond acceptors (Lipinski definition) is 5. The van der Waals surface area contributed by atoms with Gasteiger partial charge in [-0.1, -0.05) is 12.1 Å². The van der Waals surface area contributed by atoms with Crippen LogP contribution in [0.1, 0.15) is 27.9 Å². The van der Waals surface area contributed by atoms with E-state index in [1.54, 1.807) is 12.6 Å². The number of carbonyl (C=O) groups excluding carboxylic acids is 1. The maximum atomic E-state index is 12.0. The van der Waals surface area contributed by atoms with E-state index in [0.717, 1.165) is 23.6 Å². The molecule has 1 aromatic carbocycles. The average Bonchev–Trinajstić information content (AvgIpc) is 3.09.